The van der Waals surface area contributed by atoms with Crippen molar-refractivity contribution in [3.63, 3.8) is 0 Å². The van der Waals surface area contributed by atoms with Crippen LogP contribution < -0.4 is 10.2 Å². The number of hydrogen-bond acceptors (Lipinski definition) is 7. The van der Waals surface area contributed by atoms with Gasteiger partial charge < -0.3 is 19.4 Å². The van der Waals surface area contributed by atoms with Gasteiger partial charge in [0.2, 0.25) is 5.89 Å². The number of amides is 1. The monoisotopic (exact) mass is 514 g/mol. The van der Waals surface area contributed by atoms with Gasteiger partial charge in [0.1, 0.15) is 12.1 Å². The summed E-state index contributed by atoms with van der Waals surface area (Å²) >= 11 is 0. The van der Waals surface area contributed by atoms with Crippen molar-refractivity contribution in [3.8, 4) is 11.5 Å². The molecule has 0 atom stereocenters. The van der Waals surface area contributed by atoms with Gasteiger partial charge in [0.15, 0.2) is 11.4 Å². The molecule has 1 N–H and O–H groups in total. The Bertz CT molecular complexity index is 1210. The fourth-order valence-electron chi connectivity index (χ4n) is 5.10. The highest BCUT2D eigenvalue weighted by Crippen LogP contribution is 2.37. The molecule has 198 valence electrons. The summed E-state index contributed by atoms with van der Waals surface area (Å²) in [6, 6.07) is 3.63. The Labute approximate surface area is 214 Å². The first kappa shape index (κ1) is 25.3. The minimum Gasteiger partial charge on any atom is -0.444 e. The number of ether oxygens (including phenoxy) is 1. The van der Waals surface area contributed by atoms with Crippen LogP contribution in [0, 0.1) is 11.8 Å². The van der Waals surface area contributed by atoms with Crippen molar-refractivity contribution in [1.82, 2.24) is 19.7 Å². The Morgan fingerprint density at radius 3 is 2.62 bits per heavy atom. The fourth-order valence-corrected chi connectivity index (χ4v) is 5.10. The summed E-state index contributed by atoms with van der Waals surface area (Å²) in [5, 5.41) is 6.71. The molecule has 2 aliphatic rings. The largest absolute Gasteiger partial charge is 0.444 e. The molecule has 0 spiro atoms. The SMILES string of the molecule is CC(C)C1CCC(n2cc(NC(=O)c3coc(-c4ccnc(N5CCOCC5)c4)n3)c(C(F)F)n2)CC1. The number of nitrogens with zero attached hydrogens (tertiary/aromatic N) is 5. The van der Waals surface area contributed by atoms with E-state index < -0.39 is 18.0 Å². The van der Waals surface area contributed by atoms with Crippen LogP contribution in [0.15, 0.2) is 35.2 Å². The second kappa shape index (κ2) is 11.0. The normalized spacial score (nSPS) is 20.5. The number of morpholine rings is 1. The van der Waals surface area contributed by atoms with Gasteiger partial charge >= 0.3 is 0 Å². The van der Waals surface area contributed by atoms with Crippen molar-refractivity contribution in [2.24, 2.45) is 11.8 Å². The number of oxazole rings is 1. The molecule has 1 saturated carbocycles. The van der Waals surface area contributed by atoms with Crippen LogP contribution in [0.3, 0.4) is 0 Å². The molecule has 11 heteroatoms. The van der Waals surface area contributed by atoms with Gasteiger partial charge in [-0.3, -0.25) is 9.48 Å². The molecular weight excluding hydrogens is 482 g/mol. The number of anilines is 2. The number of pyridine rings is 1. The number of hydrogen-bond donors (Lipinski definition) is 1. The summed E-state index contributed by atoms with van der Waals surface area (Å²) < 4.78 is 40.1. The molecule has 1 aliphatic carbocycles. The molecule has 5 rings (SSSR count). The first-order chi connectivity index (χ1) is 17.9. The summed E-state index contributed by atoms with van der Waals surface area (Å²) in [4.78, 5) is 23.7. The molecule has 1 saturated heterocycles. The van der Waals surface area contributed by atoms with E-state index in [9.17, 15) is 13.6 Å². The third kappa shape index (κ3) is 5.66. The van der Waals surface area contributed by atoms with E-state index in [4.69, 9.17) is 9.15 Å². The lowest BCUT2D eigenvalue weighted by molar-refractivity contribution is 0.102. The summed E-state index contributed by atoms with van der Waals surface area (Å²) in [6.07, 6.45) is 5.42. The van der Waals surface area contributed by atoms with Crippen LogP contribution in [-0.2, 0) is 4.74 Å². The van der Waals surface area contributed by atoms with E-state index in [1.54, 1.807) is 16.9 Å². The summed E-state index contributed by atoms with van der Waals surface area (Å²) in [7, 11) is 0. The summed E-state index contributed by atoms with van der Waals surface area (Å²) in [6.45, 7) is 7.16. The zero-order valence-corrected chi connectivity index (χ0v) is 21.1. The molecular formula is C26H32F2N6O3. The molecule has 9 nitrogen and oxygen atoms in total. The fraction of sp³-hybridized carbons (Fsp3) is 0.538. The van der Waals surface area contributed by atoms with E-state index in [2.05, 4.69) is 39.1 Å². The minimum atomic E-state index is -2.81. The summed E-state index contributed by atoms with van der Waals surface area (Å²) in [5.74, 6) is 1.63. The van der Waals surface area contributed by atoms with E-state index >= 15 is 0 Å². The Kier molecular flexibility index (Phi) is 7.50. The van der Waals surface area contributed by atoms with Crippen molar-refractivity contribution in [2.45, 2.75) is 52.0 Å². The Morgan fingerprint density at radius 1 is 1.16 bits per heavy atom. The number of aromatic nitrogens is 4. The van der Waals surface area contributed by atoms with Crippen molar-refractivity contribution < 1.29 is 22.7 Å². The van der Waals surface area contributed by atoms with Crippen LogP contribution in [0.5, 0.6) is 0 Å². The van der Waals surface area contributed by atoms with Gasteiger partial charge in [-0.05, 0) is 49.7 Å². The molecule has 3 aromatic rings. The quantitative estimate of drug-likeness (QED) is 0.454. The van der Waals surface area contributed by atoms with Crippen molar-refractivity contribution in [2.75, 3.05) is 36.5 Å². The van der Waals surface area contributed by atoms with E-state index in [0.29, 0.717) is 30.6 Å². The average molecular weight is 515 g/mol. The van der Waals surface area contributed by atoms with Crippen molar-refractivity contribution in [3.05, 3.63) is 42.2 Å². The van der Waals surface area contributed by atoms with Crippen LogP contribution >= 0.6 is 0 Å². The van der Waals surface area contributed by atoms with Crippen LogP contribution in [0.25, 0.3) is 11.5 Å². The number of rotatable bonds is 7. The van der Waals surface area contributed by atoms with E-state index in [-0.39, 0.29) is 23.3 Å². The third-order valence-corrected chi connectivity index (χ3v) is 7.34. The number of alkyl halides is 2. The zero-order chi connectivity index (χ0) is 25.9. The van der Waals surface area contributed by atoms with E-state index in [1.807, 2.05) is 6.07 Å². The van der Waals surface area contributed by atoms with Gasteiger partial charge in [0.25, 0.3) is 12.3 Å². The van der Waals surface area contributed by atoms with Gasteiger partial charge in [-0.25, -0.2) is 18.7 Å². The number of carbonyl (C=O) groups is 1. The van der Waals surface area contributed by atoms with Gasteiger partial charge in [-0.2, -0.15) is 5.10 Å². The lowest BCUT2D eigenvalue weighted by atomic mass is 9.80. The Balaban J connectivity index is 1.29. The van der Waals surface area contributed by atoms with Crippen LogP contribution in [0.4, 0.5) is 20.3 Å². The van der Waals surface area contributed by atoms with Gasteiger partial charge in [-0.15, -0.1) is 0 Å². The molecule has 0 unspecified atom stereocenters. The maximum atomic E-state index is 13.8. The topological polar surface area (TPSA) is 98.3 Å². The number of carbonyl (C=O) groups excluding carboxylic acids is 1. The first-order valence-electron chi connectivity index (χ1n) is 12.8. The standard InChI is InChI=1S/C26H32F2N6O3/c1-16(2)17-3-5-19(6-4-17)34-14-20(23(32-34)24(27)28)30-25(35)21-15-37-26(31-21)18-7-8-29-22(13-18)33-9-11-36-12-10-33/h7-8,13-17,19,24H,3-6,9-12H2,1-2H3,(H,30,35). The van der Waals surface area contributed by atoms with Crippen LogP contribution in [-0.4, -0.2) is 52.0 Å². The molecule has 4 heterocycles. The van der Waals surface area contributed by atoms with Crippen molar-refractivity contribution in [1.29, 1.82) is 0 Å². The second-order valence-electron chi connectivity index (χ2n) is 10.0. The lowest BCUT2D eigenvalue weighted by Crippen LogP contribution is -2.36. The smallest absolute Gasteiger partial charge is 0.284 e. The average Bonchev–Trinajstić information content (AvgIpc) is 3.58. The van der Waals surface area contributed by atoms with Gasteiger partial charge in [0.05, 0.1) is 24.9 Å². The third-order valence-electron chi connectivity index (χ3n) is 7.34. The van der Waals surface area contributed by atoms with E-state index in [1.165, 1.54) is 12.5 Å². The molecule has 2 fully saturated rings. The molecule has 0 aromatic carbocycles. The maximum Gasteiger partial charge on any atom is 0.284 e. The Hall–Kier alpha value is -3.34. The highest BCUT2D eigenvalue weighted by Gasteiger charge is 2.28. The highest BCUT2D eigenvalue weighted by atomic mass is 19.3. The Morgan fingerprint density at radius 2 is 1.92 bits per heavy atom. The maximum absolute atomic E-state index is 13.8. The number of halogens is 2. The molecule has 1 amide bonds. The van der Waals surface area contributed by atoms with E-state index in [0.717, 1.165) is 44.6 Å². The van der Waals surface area contributed by atoms with Gasteiger partial charge in [-0.1, -0.05) is 13.8 Å². The first-order valence-corrected chi connectivity index (χ1v) is 12.8. The van der Waals surface area contributed by atoms with Crippen molar-refractivity contribution >= 4 is 17.4 Å². The van der Waals surface area contributed by atoms with Crippen LogP contribution in [0.2, 0.25) is 0 Å². The van der Waals surface area contributed by atoms with Gasteiger partial charge in [0, 0.05) is 31.0 Å². The lowest BCUT2D eigenvalue weighted by Gasteiger charge is -2.30. The minimum absolute atomic E-state index is 0.00551. The highest BCUT2D eigenvalue weighted by molar-refractivity contribution is 6.03. The molecule has 3 aromatic heterocycles. The molecule has 1 aliphatic heterocycles. The number of nitrogens with one attached hydrogen (secondary N) is 1. The van der Waals surface area contributed by atoms with Crippen LogP contribution in [0.1, 0.15) is 68.2 Å². The summed E-state index contributed by atoms with van der Waals surface area (Å²) in [5.41, 5.74) is 0.208. The predicted octanol–water partition coefficient (Wildman–Crippen LogP) is 5.35. The molecule has 0 bridgehead atoms. The zero-order valence-electron chi connectivity index (χ0n) is 21.1. The molecule has 37 heavy (non-hydrogen) atoms. The predicted molar refractivity (Wildman–Crippen MR) is 134 cm³/mol. The molecule has 0 radical (unpaired) electrons. The second-order valence-corrected chi connectivity index (χ2v) is 10.0.